The lowest BCUT2D eigenvalue weighted by atomic mass is 10.1. The number of benzene rings is 1. The second-order valence-electron chi connectivity index (χ2n) is 4.87. The number of hydrogen-bond donors (Lipinski definition) is 2. The normalized spacial score (nSPS) is 18.6. The quantitative estimate of drug-likeness (QED) is 0.789. The summed E-state index contributed by atoms with van der Waals surface area (Å²) in [7, 11) is 0. The number of amides is 2. The summed E-state index contributed by atoms with van der Waals surface area (Å²) in [6.07, 6.45) is 2.91. The summed E-state index contributed by atoms with van der Waals surface area (Å²) in [5.41, 5.74) is 1.90. The third-order valence-electron chi connectivity index (χ3n) is 3.21. The van der Waals surface area contributed by atoms with Gasteiger partial charge in [0.2, 0.25) is 11.8 Å². The molecular weight excluding hydrogens is 272 g/mol. The van der Waals surface area contributed by atoms with E-state index in [4.69, 9.17) is 5.11 Å². The van der Waals surface area contributed by atoms with Crippen LogP contribution in [0, 0.1) is 6.92 Å². The second kappa shape index (κ2) is 6.21. The Morgan fingerprint density at radius 1 is 1.43 bits per heavy atom. The first kappa shape index (κ1) is 14.8. The molecule has 1 unspecified atom stereocenters. The fourth-order valence-corrected chi connectivity index (χ4v) is 2.13. The molecule has 0 saturated carbocycles. The first-order chi connectivity index (χ1) is 9.97. The molecule has 21 heavy (non-hydrogen) atoms. The van der Waals surface area contributed by atoms with Crippen molar-refractivity contribution in [2.75, 3.05) is 13.1 Å². The lowest BCUT2D eigenvalue weighted by Crippen LogP contribution is -2.59. The minimum atomic E-state index is -1.13. The summed E-state index contributed by atoms with van der Waals surface area (Å²) in [5, 5.41) is 11.5. The summed E-state index contributed by atoms with van der Waals surface area (Å²) >= 11 is 0. The lowest BCUT2D eigenvalue weighted by Gasteiger charge is -2.31. The summed E-state index contributed by atoms with van der Waals surface area (Å²) in [6.45, 7) is 1.63. The van der Waals surface area contributed by atoms with E-state index in [0.29, 0.717) is 0 Å². The van der Waals surface area contributed by atoms with Crippen molar-refractivity contribution in [3.63, 3.8) is 0 Å². The molecular formula is C15H16N2O4. The molecule has 6 heteroatoms. The van der Waals surface area contributed by atoms with E-state index in [0.717, 1.165) is 16.0 Å². The van der Waals surface area contributed by atoms with Crippen molar-refractivity contribution in [3.8, 4) is 0 Å². The minimum absolute atomic E-state index is 0.0712. The first-order valence-corrected chi connectivity index (χ1v) is 6.52. The third-order valence-corrected chi connectivity index (χ3v) is 3.21. The highest BCUT2D eigenvalue weighted by atomic mass is 16.4. The van der Waals surface area contributed by atoms with Gasteiger partial charge in [0.05, 0.1) is 0 Å². The molecule has 1 aliphatic heterocycles. The van der Waals surface area contributed by atoms with Crippen LogP contribution in [0.4, 0.5) is 0 Å². The Bertz CT molecular complexity index is 609. The van der Waals surface area contributed by atoms with E-state index in [2.05, 4.69) is 5.32 Å². The Morgan fingerprint density at radius 3 is 2.86 bits per heavy atom. The van der Waals surface area contributed by atoms with E-state index in [-0.39, 0.29) is 19.0 Å². The predicted molar refractivity (Wildman–Crippen MR) is 76.4 cm³/mol. The predicted octanol–water partition coefficient (Wildman–Crippen LogP) is 0.420. The highest BCUT2D eigenvalue weighted by Crippen LogP contribution is 2.09. The van der Waals surface area contributed by atoms with E-state index in [1.54, 1.807) is 6.08 Å². The van der Waals surface area contributed by atoms with Crippen molar-refractivity contribution < 1.29 is 19.5 Å². The maximum atomic E-state index is 12.1. The monoisotopic (exact) mass is 288 g/mol. The number of piperazine rings is 1. The molecule has 6 nitrogen and oxygen atoms in total. The van der Waals surface area contributed by atoms with Gasteiger partial charge in [-0.15, -0.1) is 0 Å². The fourth-order valence-electron chi connectivity index (χ4n) is 2.13. The van der Waals surface area contributed by atoms with E-state index in [1.165, 1.54) is 6.08 Å². The smallest absolute Gasteiger partial charge is 0.328 e. The average molecular weight is 288 g/mol. The van der Waals surface area contributed by atoms with Crippen LogP contribution >= 0.6 is 0 Å². The van der Waals surface area contributed by atoms with E-state index in [9.17, 15) is 14.4 Å². The minimum Gasteiger partial charge on any atom is -0.480 e. The average Bonchev–Trinajstić information content (AvgIpc) is 2.44. The van der Waals surface area contributed by atoms with Gasteiger partial charge in [0.25, 0.3) is 0 Å². The molecule has 2 amide bonds. The van der Waals surface area contributed by atoms with Gasteiger partial charge in [-0.1, -0.05) is 29.8 Å². The first-order valence-electron chi connectivity index (χ1n) is 6.52. The highest BCUT2D eigenvalue weighted by molar-refractivity contribution is 5.98. The van der Waals surface area contributed by atoms with E-state index < -0.39 is 17.9 Å². The number of carbonyl (C=O) groups excluding carboxylic acids is 2. The van der Waals surface area contributed by atoms with Crippen molar-refractivity contribution >= 4 is 23.9 Å². The molecule has 1 aromatic carbocycles. The third kappa shape index (κ3) is 3.68. The molecule has 0 radical (unpaired) electrons. The maximum Gasteiger partial charge on any atom is 0.328 e. The lowest BCUT2D eigenvalue weighted by molar-refractivity contribution is -0.152. The van der Waals surface area contributed by atoms with E-state index >= 15 is 0 Å². The van der Waals surface area contributed by atoms with Gasteiger partial charge in [0, 0.05) is 12.6 Å². The van der Waals surface area contributed by atoms with Crippen LogP contribution in [0.3, 0.4) is 0 Å². The number of nitrogens with one attached hydrogen (secondary N) is 1. The van der Waals surface area contributed by atoms with Gasteiger partial charge in [-0.3, -0.25) is 9.59 Å². The Kier molecular flexibility index (Phi) is 4.37. The van der Waals surface area contributed by atoms with Crippen molar-refractivity contribution in [2.45, 2.75) is 13.0 Å². The molecule has 0 spiro atoms. The van der Waals surface area contributed by atoms with Gasteiger partial charge in [-0.25, -0.2) is 4.79 Å². The summed E-state index contributed by atoms with van der Waals surface area (Å²) in [6, 6.07) is 6.52. The zero-order chi connectivity index (χ0) is 15.4. The molecule has 1 aromatic rings. The highest BCUT2D eigenvalue weighted by Gasteiger charge is 2.34. The maximum absolute atomic E-state index is 12.1. The molecule has 2 N–H and O–H groups in total. The molecule has 110 valence electrons. The van der Waals surface area contributed by atoms with Crippen molar-refractivity contribution in [3.05, 3.63) is 41.5 Å². The van der Waals surface area contributed by atoms with Crippen LogP contribution < -0.4 is 5.32 Å². The van der Waals surface area contributed by atoms with Gasteiger partial charge >= 0.3 is 5.97 Å². The van der Waals surface area contributed by atoms with Crippen molar-refractivity contribution in [2.24, 2.45) is 0 Å². The van der Waals surface area contributed by atoms with Crippen LogP contribution in [0.15, 0.2) is 30.3 Å². The Balaban J connectivity index is 2.13. The molecule has 1 aliphatic rings. The SMILES string of the molecule is Cc1cccc(/C=C/C(=O)N2CC(=O)NCC2C(=O)O)c1. The number of aliphatic carboxylic acids is 1. The topological polar surface area (TPSA) is 86.7 Å². The second-order valence-corrected chi connectivity index (χ2v) is 4.87. The molecule has 1 heterocycles. The standard InChI is InChI=1S/C15H16N2O4/c1-10-3-2-4-11(7-10)5-6-14(19)17-9-13(18)16-8-12(17)15(20)21/h2-7,12H,8-9H2,1H3,(H,16,18)(H,20,21)/b6-5+. The Labute approximate surface area is 122 Å². The number of carboxylic acids is 1. The number of rotatable bonds is 3. The number of carbonyl (C=O) groups is 3. The molecule has 2 rings (SSSR count). The molecule has 1 atom stereocenters. The zero-order valence-corrected chi connectivity index (χ0v) is 11.6. The van der Waals surface area contributed by atoms with Crippen molar-refractivity contribution in [1.29, 1.82) is 0 Å². The largest absolute Gasteiger partial charge is 0.480 e. The zero-order valence-electron chi connectivity index (χ0n) is 11.6. The molecule has 0 aliphatic carbocycles. The summed E-state index contributed by atoms with van der Waals surface area (Å²) < 4.78 is 0. The van der Waals surface area contributed by atoms with Crippen LogP contribution in [-0.4, -0.2) is 46.9 Å². The molecule has 0 aromatic heterocycles. The fraction of sp³-hybridized carbons (Fsp3) is 0.267. The molecule has 1 saturated heterocycles. The number of hydrogen-bond acceptors (Lipinski definition) is 3. The Hall–Kier alpha value is -2.63. The summed E-state index contributed by atoms with van der Waals surface area (Å²) in [4.78, 5) is 35.6. The molecule has 1 fully saturated rings. The van der Waals surface area contributed by atoms with Crippen molar-refractivity contribution in [1.82, 2.24) is 10.2 Å². The number of carboxylic acid groups (broad SMARTS) is 1. The van der Waals surface area contributed by atoms with Crippen LogP contribution in [-0.2, 0) is 14.4 Å². The number of aryl methyl sites for hydroxylation is 1. The van der Waals surface area contributed by atoms with E-state index in [1.807, 2.05) is 31.2 Å². The summed E-state index contributed by atoms with van der Waals surface area (Å²) in [5.74, 6) is -1.98. The van der Waals surface area contributed by atoms with Gasteiger partial charge in [0.15, 0.2) is 0 Å². The van der Waals surface area contributed by atoms with Gasteiger partial charge in [0.1, 0.15) is 12.6 Å². The molecule has 0 bridgehead atoms. The van der Waals surface area contributed by atoms with Gasteiger partial charge < -0.3 is 15.3 Å². The van der Waals surface area contributed by atoms with Crippen LogP contribution in [0.1, 0.15) is 11.1 Å². The number of nitrogens with zero attached hydrogens (tertiary/aromatic N) is 1. The van der Waals surface area contributed by atoms with Crippen LogP contribution in [0.25, 0.3) is 6.08 Å². The Morgan fingerprint density at radius 2 is 2.19 bits per heavy atom. The van der Waals surface area contributed by atoms with Crippen LogP contribution in [0.2, 0.25) is 0 Å². The van der Waals surface area contributed by atoms with Gasteiger partial charge in [-0.05, 0) is 18.6 Å². The van der Waals surface area contributed by atoms with Crippen LogP contribution in [0.5, 0.6) is 0 Å². The van der Waals surface area contributed by atoms with Gasteiger partial charge in [-0.2, -0.15) is 0 Å².